The zero-order valence-corrected chi connectivity index (χ0v) is 10.4. The molecule has 0 aromatic carbocycles. The van der Waals surface area contributed by atoms with Crippen molar-refractivity contribution in [2.75, 3.05) is 20.3 Å². The molecule has 2 aromatic rings. The van der Waals surface area contributed by atoms with Gasteiger partial charge in [-0.3, -0.25) is 4.79 Å². The van der Waals surface area contributed by atoms with Crippen LogP contribution in [0.1, 0.15) is 5.82 Å². The Morgan fingerprint density at radius 2 is 2.32 bits per heavy atom. The third-order valence-electron chi connectivity index (χ3n) is 3.25. The standard InChI is InChI=1S/C13H13N3O3/c1-18-12(17)13(7-19-8-13)11-15-5-3-10(16-11)9-2-4-14-6-9/h2-6,14H,7-8H2,1H3. The highest BCUT2D eigenvalue weighted by molar-refractivity contribution is 5.83. The van der Waals surface area contributed by atoms with Crippen LogP contribution in [-0.2, 0) is 19.7 Å². The van der Waals surface area contributed by atoms with E-state index in [1.807, 2.05) is 18.5 Å². The number of aromatic amines is 1. The van der Waals surface area contributed by atoms with Crippen molar-refractivity contribution >= 4 is 5.97 Å². The Balaban J connectivity index is 2.01. The molecule has 6 nitrogen and oxygen atoms in total. The van der Waals surface area contributed by atoms with Crippen LogP contribution in [0.5, 0.6) is 0 Å². The number of carbonyl (C=O) groups excluding carboxylic acids is 1. The average molecular weight is 259 g/mol. The van der Waals surface area contributed by atoms with Crippen molar-refractivity contribution in [2.24, 2.45) is 0 Å². The number of hydrogen-bond acceptors (Lipinski definition) is 5. The minimum Gasteiger partial charge on any atom is -0.468 e. The third kappa shape index (κ3) is 1.80. The summed E-state index contributed by atoms with van der Waals surface area (Å²) in [5.74, 6) is 0.0919. The van der Waals surface area contributed by atoms with Gasteiger partial charge in [-0.1, -0.05) is 0 Å². The largest absolute Gasteiger partial charge is 0.468 e. The van der Waals surface area contributed by atoms with Crippen molar-refractivity contribution in [2.45, 2.75) is 5.41 Å². The summed E-state index contributed by atoms with van der Waals surface area (Å²) in [4.78, 5) is 23.6. The van der Waals surface area contributed by atoms with Gasteiger partial charge < -0.3 is 14.5 Å². The van der Waals surface area contributed by atoms with E-state index in [-0.39, 0.29) is 19.2 Å². The molecule has 3 heterocycles. The van der Waals surface area contributed by atoms with Gasteiger partial charge in [0.1, 0.15) is 0 Å². The maximum absolute atomic E-state index is 11.9. The van der Waals surface area contributed by atoms with Crippen molar-refractivity contribution in [1.29, 1.82) is 0 Å². The highest BCUT2D eigenvalue weighted by atomic mass is 16.5. The minimum atomic E-state index is -0.860. The molecule has 0 radical (unpaired) electrons. The van der Waals surface area contributed by atoms with Gasteiger partial charge in [-0.05, 0) is 12.1 Å². The van der Waals surface area contributed by atoms with Crippen LogP contribution in [-0.4, -0.2) is 41.2 Å². The molecule has 1 saturated heterocycles. The third-order valence-corrected chi connectivity index (χ3v) is 3.25. The van der Waals surface area contributed by atoms with Crippen molar-refractivity contribution in [3.05, 3.63) is 36.5 Å². The van der Waals surface area contributed by atoms with Gasteiger partial charge in [0, 0.05) is 24.2 Å². The number of rotatable bonds is 3. The maximum Gasteiger partial charge on any atom is 0.324 e. The van der Waals surface area contributed by atoms with E-state index in [0.29, 0.717) is 5.82 Å². The van der Waals surface area contributed by atoms with Crippen molar-refractivity contribution in [3.63, 3.8) is 0 Å². The van der Waals surface area contributed by atoms with Crippen LogP contribution in [0.3, 0.4) is 0 Å². The normalized spacial score (nSPS) is 16.7. The van der Waals surface area contributed by atoms with Crippen LogP contribution >= 0.6 is 0 Å². The Kier molecular flexibility index (Phi) is 2.79. The first-order valence-electron chi connectivity index (χ1n) is 5.89. The molecular formula is C13H13N3O3. The molecule has 2 aromatic heterocycles. The van der Waals surface area contributed by atoms with Gasteiger partial charge in [-0.25, -0.2) is 9.97 Å². The van der Waals surface area contributed by atoms with Crippen LogP contribution < -0.4 is 0 Å². The highest BCUT2D eigenvalue weighted by Gasteiger charge is 2.51. The number of aromatic nitrogens is 3. The highest BCUT2D eigenvalue weighted by Crippen LogP contribution is 2.32. The molecule has 1 fully saturated rings. The number of nitrogens with zero attached hydrogens (tertiary/aromatic N) is 2. The number of methoxy groups -OCH3 is 1. The molecule has 6 heteroatoms. The lowest BCUT2D eigenvalue weighted by molar-refractivity contribution is -0.167. The minimum absolute atomic E-state index is 0.260. The molecule has 0 spiro atoms. The van der Waals surface area contributed by atoms with Crippen molar-refractivity contribution in [1.82, 2.24) is 15.0 Å². The summed E-state index contributed by atoms with van der Waals surface area (Å²) in [6.07, 6.45) is 5.31. The topological polar surface area (TPSA) is 77.1 Å². The van der Waals surface area contributed by atoms with Gasteiger partial charge in [0.05, 0.1) is 26.0 Å². The second-order valence-electron chi connectivity index (χ2n) is 4.43. The Morgan fingerprint density at radius 1 is 1.47 bits per heavy atom. The number of H-pyrrole nitrogens is 1. The number of hydrogen-bond donors (Lipinski definition) is 1. The molecule has 1 N–H and O–H groups in total. The summed E-state index contributed by atoms with van der Waals surface area (Å²) in [5.41, 5.74) is 0.853. The lowest BCUT2D eigenvalue weighted by Crippen LogP contribution is -2.54. The fourth-order valence-electron chi connectivity index (χ4n) is 2.07. The molecular weight excluding hydrogens is 246 g/mol. The van der Waals surface area contributed by atoms with Crippen LogP contribution in [0, 0.1) is 0 Å². The predicted molar refractivity (Wildman–Crippen MR) is 66.3 cm³/mol. The Hall–Kier alpha value is -2.21. The van der Waals surface area contributed by atoms with Crippen molar-refractivity contribution < 1.29 is 14.3 Å². The van der Waals surface area contributed by atoms with E-state index in [4.69, 9.17) is 9.47 Å². The predicted octanol–water partition coefficient (Wildman–Crippen LogP) is 0.913. The quantitative estimate of drug-likeness (QED) is 0.829. The zero-order valence-electron chi connectivity index (χ0n) is 10.4. The summed E-state index contributed by atoms with van der Waals surface area (Å²) in [6, 6.07) is 3.71. The summed E-state index contributed by atoms with van der Waals surface area (Å²) in [5, 5.41) is 0. The first-order chi connectivity index (χ1) is 9.26. The fraction of sp³-hybridized carbons (Fsp3) is 0.308. The molecule has 0 unspecified atom stereocenters. The first kappa shape index (κ1) is 11.9. The second kappa shape index (κ2) is 4.47. The number of carbonyl (C=O) groups is 1. The summed E-state index contributed by atoms with van der Waals surface area (Å²) in [7, 11) is 1.36. The number of nitrogens with one attached hydrogen (secondary N) is 1. The molecule has 0 atom stereocenters. The van der Waals surface area contributed by atoms with Gasteiger partial charge in [0.25, 0.3) is 0 Å². The maximum atomic E-state index is 11.9. The monoisotopic (exact) mass is 259 g/mol. The Labute approximate surface area is 109 Å². The van der Waals surface area contributed by atoms with Crippen LogP contribution in [0.25, 0.3) is 11.3 Å². The SMILES string of the molecule is COC(=O)C1(c2nccc(-c3cc[nH]c3)n2)COC1. The van der Waals surface area contributed by atoms with Crippen molar-refractivity contribution in [3.8, 4) is 11.3 Å². The van der Waals surface area contributed by atoms with E-state index >= 15 is 0 Å². The number of ether oxygens (including phenoxy) is 2. The molecule has 3 rings (SSSR count). The Bertz CT molecular complexity index is 591. The van der Waals surface area contributed by atoms with E-state index in [1.54, 1.807) is 12.3 Å². The zero-order chi connectivity index (χ0) is 13.3. The van der Waals surface area contributed by atoms with Crippen LogP contribution in [0.4, 0.5) is 0 Å². The summed E-state index contributed by atoms with van der Waals surface area (Å²) < 4.78 is 10.00. The van der Waals surface area contributed by atoms with E-state index in [1.165, 1.54) is 7.11 Å². The lowest BCUT2D eigenvalue weighted by atomic mass is 9.85. The van der Waals surface area contributed by atoms with E-state index in [9.17, 15) is 4.79 Å². The van der Waals surface area contributed by atoms with E-state index < -0.39 is 5.41 Å². The molecule has 1 aliphatic rings. The summed E-state index contributed by atoms with van der Waals surface area (Å²) in [6.45, 7) is 0.520. The Morgan fingerprint density at radius 3 is 2.89 bits per heavy atom. The average Bonchev–Trinajstić information content (AvgIpc) is 2.91. The second-order valence-corrected chi connectivity index (χ2v) is 4.43. The lowest BCUT2D eigenvalue weighted by Gasteiger charge is -2.36. The van der Waals surface area contributed by atoms with E-state index in [0.717, 1.165) is 11.3 Å². The molecule has 0 amide bonds. The summed E-state index contributed by atoms with van der Waals surface area (Å²) >= 11 is 0. The molecule has 19 heavy (non-hydrogen) atoms. The molecule has 98 valence electrons. The van der Waals surface area contributed by atoms with Crippen LogP contribution in [0.15, 0.2) is 30.7 Å². The molecule has 0 aliphatic carbocycles. The van der Waals surface area contributed by atoms with Gasteiger partial charge in [-0.2, -0.15) is 0 Å². The van der Waals surface area contributed by atoms with Gasteiger partial charge in [0.2, 0.25) is 0 Å². The van der Waals surface area contributed by atoms with E-state index in [2.05, 4.69) is 15.0 Å². The smallest absolute Gasteiger partial charge is 0.324 e. The van der Waals surface area contributed by atoms with Gasteiger partial charge >= 0.3 is 5.97 Å². The number of esters is 1. The molecule has 0 bridgehead atoms. The molecule has 1 aliphatic heterocycles. The molecule has 0 saturated carbocycles. The van der Waals surface area contributed by atoms with Gasteiger partial charge in [0.15, 0.2) is 11.2 Å². The first-order valence-corrected chi connectivity index (χ1v) is 5.89. The van der Waals surface area contributed by atoms with Gasteiger partial charge in [-0.15, -0.1) is 0 Å². The van der Waals surface area contributed by atoms with Crippen LogP contribution in [0.2, 0.25) is 0 Å². The fourth-order valence-corrected chi connectivity index (χ4v) is 2.07.